The number of fused-ring (bicyclic) bond motifs is 9. The van der Waals surface area contributed by atoms with E-state index in [4.69, 9.17) is 23.2 Å². The fourth-order valence-corrected chi connectivity index (χ4v) is 5.75. The van der Waals surface area contributed by atoms with E-state index in [-0.39, 0.29) is 0 Å². The fraction of sp³-hybridized carbons (Fsp3) is 0.909. The minimum absolute atomic E-state index is 0.325. The van der Waals surface area contributed by atoms with Crippen LogP contribution in [0, 0.1) is 35.5 Å². The van der Waals surface area contributed by atoms with E-state index in [0.29, 0.717) is 41.3 Å². The monoisotopic (exact) mass is 230 g/mol. The van der Waals surface area contributed by atoms with Crippen molar-refractivity contribution in [3.63, 3.8) is 0 Å². The number of halogens is 2. The SMILES string of the molecule is O=C1C2CCC1C1CC2C2C1C2(Cl)Cl. The van der Waals surface area contributed by atoms with Crippen LogP contribution in [0.2, 0.25) is 0 Å². The summed E-state index contributed by atoms with van der Waals surface area (Å²) in [7, 11) is 0. The highest BCUT2D eigenvalue weighted by Crippen LogP contribution is 2.77. The first kappa shape index (κ1) is 8.41. The number of rotatable bonds is 0. The Hall–Kier alpha value is 0.250. The van der Waals surface area contributed by atoms with Crippen molar-refractivity contribution in [2.45, 2.75) is 23.6 Å². The van der Waals surface area contributed by atoms with Gasteiger partial charge in [-0.15, -0.1) is 23.2 Å². The summed E-state index contributed by atoms with van der Waals surface area (Å²) >= 11 is 12.5. The standard InChI is InChI=1S/C11H12Cl2O/c12-11(13)8-6-3-7(9(8)11)5-2-1-4(6)10(5)14/h4-9H,1-3H2. The minimum Gasteiger partial charge on any atom is -0.299 e. The van der Waals surface area contributed by atoms with Crippen molar-refractivity contribution in [1.29, 1.82) is 0 Å². The molecular formula is C11H12Cl2O. The van der Waals surface area contributed by atoms with Gasteiger partial charge >= 0.3 is 0 Å². The Morgan fingerprint density at radius 3 is 2.07 bits per heavy atom. The highest BCUT2D eigenvalue weighted by Gasteiger charge is 2.77. The molecular weight excluding hydrogens is 219 g/mol. The van der Waals surface area contributed by atoms with E-state index in [2.05, 4.69) is 0 Å². The number of ketones is 1. The van der Waals surface area contributed by atoms with Gasteiger partial charge in [0.2, 0.25) is 0 Å². The van der Waals surface area contributed by atoms with Crippen molar-refractivity contribution in [2.24, 2.45) is 35.5 Å². The predicted molar refractivity (Wildman–Crippen MR) is 54.2 cm³/mol. The van der Waals surface area contributed by atoms with E-state index in [1.54, 1.807) is 0 Å². The van der Waals surface area contributed by atoms with Gasteiger partial charge in [-0.2, -0.15) is 0 Å². The maximum atomic E-state index is 11.9. The van der Waals surface area contributed by atoms with Crippen LogP contribution in [-0.4, -0.2) is 10.1 Å². The third-order valence-electron chi connectivity index (χ3n) is 5.19. The summed E-state index contributed by atoms with van der Waals surface area (Å²) in [6.07, 6.45) is 3.45. The highest BCUT2D eigenvalue weighted by molar-refractivity contribution is 6.51. The van der Waals surface area contributed by atoms with Crippen molar-refractivity contribution < 1.29 is 4.79 Å². The molecule has 0 aromatic rings. The summed E-state index contributed by atoms with van der Waals surface area (Å²) in [5.41, 5.74) is 0. The number of carbonyl (C=O) groups is 1. The van der Waals surface area contributed by atoms with Crippen molar-refractivity contribution in [1.82, 2.24) is 0 Å². The predicted octanol–water partition coefficient (Wildman–Crippen LogP) is 2.65. The Bertz CT molecular complexity index is 310. The molecule has 0 amide bonds. The van der Waals surface area contributed by atoms with Gasteiger partial charge in [0.1, 0.15) is 10.1 Å². The molecule has 4 saturated carbocycles. The number of hydrogen-bond acceptors (Lipinski definition) is 1. The Morgan fingerprint density at radius 2 is 1.57 bits per heavy atom. The summed E-state index contributed by atoms with van der Waals surface area (Å²) in [6, 6.07) is 0. The maximum Gasteiger partial charge on any atom is 0.139 e. The normalized spacial score (nSPS) is 61.4. The Morgan fingerprint density at radius 1 is 1.07 bits per heavy atom. The molecule has 4 aliphatic rings. The van der Waals surface area contributed by atoms with E-state index < -0.39 is 4.33 Å². The number of Topliss-reactive ketones (excluding diaryl/α,β-unsaturated/α-hetero) is 1. The van der Waals surface area contributed by atoms with E-state index in [9.17, 15) is 4.79 Å². The maximum absolute atomic E-state index is 11.9. The zero-order valence-corrected chi connectivity index (χ0v) is 9.26. The summed E-state index contributed by atoms with van der Waals surface area (Å²) in [6.45, 7) is 0. The van der Waals surface area contributed by atoms with Crippen LogP contribution in [0.15, 0.2) is 0 Å². The van der Waals surface area contributed by atoms with Gasteiger partial charge in [0.15, 0.2) is 0 Å². The molecule has 6 unspecified atom stereocenters. The molecule has 3 heteroatoms. The second kappa shape index (κ2) is 2.17. The van der Waals surface area contributed by atoms with Gasteiger partial charge in [0.25, 0.3) is 0 Å². The van der Waals surface area contributed by atoms with E-state index >= 15 is 0 Å². The van der Waals surface area contributed by atoms with Crippen LogP contribution in [0.1, 0.15) is 19.3 Å². The van der Waals surface area contributed by atoms with Gasteiger partial charge in [-0.3, -0.25) is 4.79 Å². The zero-order chi connectivity index (χ0) is 9.66. The fourth-order valence-electron chi connectivity index (χ4n) is 4.68. The van der Waals surface area contributed by atoms with Gasteiger partial charge in [-0.05, 0) is 31.1 Å². The molecule has 0 aliphatic heterocycles. The second-order valence-electron chi connectivity index (χ2n) is 5.48. The molecule has 4 aliphatic carbocycles. The van der Waals surface area contributed by atoms with Gasteiger partial charge < -0.3 is 0 Å². The molecule has 4 rings (SSSR count). The van der Waals surface area contributed by atoms with Crippen LogP contribution in [0.4, 0.5) is 0 Å². The highest BCUT2D eigenvalue weighted by atomic mass is 35.5. The molecule has 0 aromatic carbocycles. The van der Waals surface area contributed by atoms with Crippen LogP contribution >= 0.6 is 23.2 Å². The lowest BCUT2D eigenvalue weighted by atomic mass is 9.75. The number of alkyl halides is 2. The first-order valence-corrected chi connectivity index (χ1v) is 6.29. The van der Waals surface area contributed by atoms with Gasteiger partial charge in [-0.1, -0.05) is 0 Å². The van der Waals surface area contributed by atoms with Crippen LogP contribution < -0.4 is 0 Å². The van der Waals surface area contributed by atoms with Crippen molar-refractivity contribution in [3.05, 3.63) is 0 Å². The lowest BCUT2D eigenvalue weighted by molar-refractivity contribution is -0.129. The lowest BCUT2D eigenvalue weighted by Crippen LogP contribution is -2.34. The molecule has 0 radical (unpaired) electrons. The topological polar surface area (TPSA) is 17.1 Å². The van der Waals surface area contributed by atoms with Crippen molar-refractivity contribution >= 4 is 29.0 Å². The van der Waals surface area contributed by atoms with Gasteiger partial charge in [0.05, 0.1) is 0 Å². The molecule has 0 saturated heterocycles. The molecule has 0 heterocycles. The second-order valence-corrected chi connectivity index (χ2v) is 6.93. The van der Waals surface area contributed by atoms with Crippen LogP contribution in [-0.2, 0) is 4.79 Å². The Balaban J connectivity index is 1.81. The van der Waals surface area contributed by atoms with E-state index in [1.165, 1.54) is 6.42 Å². The zero-order valence-electron chi connectivity index (χ0n) is 7.75. The molecule has 76 valence electrons. The molecule has 0 N–H and O–H groups in total. The molecule has 0 aromatic heterocycles. The average molecular weight is 231 g/mol. The number of carbonyl (C=O) groups excluding carboxylic acids is 1. The van der Waals surface area contributed by atoms with Crippen molar-refractivity contribution in [2.75, 3.05) is 0 Å². The first-order valence-electron chi connectivity index (χ1n) is 5.54. The Labute approximate surface area is 93.1 Å². The molecule has 6 atom stereocenters. The first-order chi connectivity index (χ1) is 6.62. The van der Waals surface area contributed by atoms with Gasteiger partial charge in [-0.25, -0.2) is 0 Å². The van der Waals surface area contributed by atoms with E-state index in [1.807, 2.05) is 0 Å². The minimum atomic E-state index is -0.463. The van der Waals surface area contributed by atoms with Crippen molar-refractivity contribution in [3.8, 4) is 0 Å². The summed E-state index contributed by atoms with van der Waals surface area (Å²) in [5.74, 6) is 3.17. The molecule has 4 fully saturated rings. The molecule has 1 nitrogen and oxygen atoms in total. The summed E-state index contributed by atoms with van der Waals surface area (Å²) < 4.78 is -0.463. The summed E-state index contributed by atoms with van der Waals surface area (Å²) in [4.78, 5) is 11.9. The van der Waals surface area contributed by atoms with Gasteiger partial charge in [0, 0.05) is 23.7 Å². The number of hydrogen-bond donors (Lipinski definition) is 0. The van der Waals surface area contributed by atoms with Crippen LogP contribution in [0.5, 0.6) is 0 Å². The third kappa shape index (κ3) is 0.694. The van der Waals surface area contributed by atoms with Crippen LogP contribution in [0.25, 0.3) is 0 Å². The molecule has 14 heavy (non-hydrogen) atoms. The summed E-state index contributed by atoms with van der Waals surface area (Å²) in [5, 5.41) is 0. The molecule has 4 bridgehead atoms. The average Bonchev–Trinajstić information content (AvgIpc) is 2.38. The quantitative estimate of drug-likeness (QED) is 0.586. The smallest absolute Gasteiger partial charge is 0.139 e. The van der Waals surface area contributed by atoms with Crippen LogP contribution in [0.3, 0.4) is 0 Å². The van der Waals surface area contributed by atoms with E-state index in [0.717, 1.165) is 12.8 Å². The Kier molecular flexibility index (Phi) is 1.30. The lowest BCUT2D eigenvalue weighted by Gasteiger charge is -2.31. The third-order valence-corrected chi connectivity index (χ3v) is 6.19. The largest absolute Gasteiger partial charge is 0.299 e. The molecule has 0 spiro atoms.